The van der Waals surface area contributed by atoms with Crippen LogP contribution in [0.4, 0.5) is 0 Å². The number of ether oxygens (including phenoxy) is 1. The molecule has 0 aromatic heterocycles. The summed E-state index contributed by atoms with van der Waals surface area (Å²) < 4.78 is 28.2. The number of benzene rings is 1. The molecule has 2 aliphatic heterocycles. The van der Waals surface area contributed by atoms with Gasteiger partial charge in [-0.1, -0.05) is 25.5 Å². The van der Waals surface area contributed by atoms with Gasteiger partial charge in [-0.3, -0.25) is 39.0 Å². The summed E-state index contributed by atoms with van der Waals surface area (Å²) in [6, 6.07) is 3.31. The van der Waals surface area contributed by atoms with Crippen molar-refractivity contribution in [2.24, 2.45) is 0 Å². The fourth-order valence-corrected chi connectivity index (χ4v) is 4.90. The van der Waals surface area contributed by atoms with Crippen LogP contribution < -0.4 is 20.7 Å². The Morgan fingerprint density at radius 1 is 1.07 bits per heavy atom. The van der Waals surface area contributed by atoms with Crippen LogP contribution in [-0.2, 0) is 33.6 Å². The fraction of sp³-hybridized carbons (Fsp3) is 0.462. The molecule has 1 aromatic carbocycles. The topological polar surface area (TPSA) is 191 Å². The van der Waals surface area contributed by atoms with Gasteiger partial charge in [0.2, 0.25) is 17.7 Å². The van der Waals surface area contributed by atoms with Crippen molar-refractivity contribution in [3.05, 3.63) is 41.3 Å². The largest absolute Gasteiger partial charge is 0.611 e. The predicted molar refractivity (Wildman–Crippen MR) is 142 cm³/mol. The van der Waals surface area contributed by atoms with Crippen molar-refractivity contribution in [3.8, 4) is 5.75 Å². The number of hydrogen-bond acceptors (Lipinski definition) is 9. The Kier molecular flexibility index (Phi) is 10.7. The molecule has 6 amide bonds. The number of piperidine rings is 1. The van der Waals surface area contributed by atoms with E-state index in [1.807, 2.05) is 0 Å². The maximum absolute atomic E-state index is 13.0. The van der Waals surface area contributed by atoms with Crippen LogP contribution in [0.5, 0.6) is 5.75 Å². The van der Waals surface area contributed by atoms with Gasteiger partial charge in [0.05, 0.1) is 27.8 Å². The standard InChI is InChI=1S/C26H32N4O9S/c1-2-40(37,38)15-12-20(31)27-13-5-3-4-6-14-28-22(33)16-39-19-9-7-8-17-23(19)26(36)30(25(17)35)18-10-11-21(32)29-24(18)34/h2,7-9,18H,1,3-6,10-16H2,(H3-,27,28,29,31,32,33,34,37,38). The molecule has 1 saturated heterocycles. The molecule has 0 radical (unpaired) electrons. The molecular weight excluding hydrogens is 544 g/mol. The average molecular weight is 577 g/mol. The van der Waals surface area contributed by atoms with E-state index in [1.54, 1.807) is 0 Å². The van der Waals surface area contributed by atoms with Gasteiger partial charge >= 0.3 is 0 Å². The molecule has 13 nitrogen and oxygen atoms in total. The second-order valence-electron chi connectivity index (χ2n) is 9.31. The first-order chi connectivity index (χ1) is 19.0. The summed E-state index contributed by atoms with van der Waals surface area (Å²) >= 11 is 0. The Bertz CT molecular complexity index is 1250. The lowest BCUT2D eigenvalue weighted by atomic mass is 10.0. The maximum Gasteiger partial charge on any atom is 0.266 e. The number of imide groups is 2. The molecule has 1 aromatic rings. The van der Waals surface area contributed by atoms with Crippen LogP contribution in [-0.4, -0.2) is 76.4 Å². The number of unbranched alkanes of at least 4 members (excludes halogenated alkanes) is 3. The minimum absolute atomic E-state index is 0.00851. The minimum atomic E-state index is -3.40. The molecule has 2 unspecified atom stereocenters. The zero-order chi connectivity index (χ0) is 29.3. The number of nitrogens with zero attached hydrogens (tertiary/aromatic N) is 1. The van der Waals surface area contributed by atoms with Crippen LogP contribution in [0.15, 0.2) is 30.2 Å². The molecule has 0 saturated carbocycles. The number of hydrogen-bond donors (Lipinski definition) is 3. The number of nitrogens with one attached hydrogen (secondary N) is 3. The lowest BCUT2D eigenvalue weighted by Gasteiger charge is -2.27. The Balaban J connectivity index is 1.35. The average Bonchev–Trinajstić information content (AvgIpc) is 3.18. The molecule has 2 heterocycles. The highest BCUT2D eigenvalue weighted by molar-refractivity contribution is 8.00. The van der Waals surface area contributed by atoms with Crippen molar-refractivity contribution in [1.29, 1.82) is 0 Å². The summed E-state index contributed by atoms with van der Waals surface area (Å²) in [5.74, 6) is -3.54. The molecular formula is C26H32N4O9S. The first kappa shape index (κ1) is 30.6. The van der Waals surface area contributed by atoms with Crippen LogP contribution >= 0.6 is 0 Å². The van der Waals surface area contributed by atoms with Gasteiger partial charge in [0.15, 0.2) is 6.61 Å². The normalized spacial score (nSPS) is 18.0. The number of carbonyl (C=O) groups excluding carboxylic acids is 6. The third kappa shape index (κ3) is 8.05. The third-order valence-corrected chi connectivity index (χ3v) is 7.69. The van der Waals surface area contributed by atoms with Crippen molar-refractivity contribution in [2.75, 3.05) is 25.4 Å². The SMILES string of the molecule is C=C[S+](=O)([O-])CCC(=O)NCCCCCCNC(=O)COc1cccc2c1C(=O)N(C1CCC(=O)NC1=O)C2=O. The monoisotopic (exact) mass is 576 g/mol. The highest BCUT2D eigenvalue weighted by atomic mass is 32.3. The van der Waals surface area contributed by atoms with Gasteiger partial charge in [0.1, 0.15) is 23.0 Å². The van der Waals surface area contributed by atoms with Crippen LogP contribution in [0.3, 0.4) is 0 Å². The molecule has 3 N–H and O–H groups in total. The zero-order valence-corrected chi connectivity index (χ0v) is 22.7. The molecule has 2 atom stereocenters. The second kappa shape index (κ2) is 13.9. The number of amides is 6. The molecule has 0 spiro atoms. The van der Waals surface area contributed by atoms with Crippen LogP contribution in [0, 0.1) is 0 Å². The van der Waals surface area contributed by atoms with Gasteiger partial charge in [0.25, 0.3) is 17.7 Å². The summed E-state index contributed by atoms with van der Waals surface area (Å²) in [6.45, 7) is 3.63. The maximum atomic E-state index is 13.0. The van der Waals surface area contributed by atoms with E-state index in [-0.39, 0.29) is 54.4 Å². The summed E-state index contributed by atoms with van der Waals surface area (Å²) in [6.07, 6.45) is 2.91. The van der Waals surface area contributed by atoms with Gasteiger partial charge in [-0.25, -0.2) is 0 Å². The fourth-order valence-electron chi connectivity index (χ4n) is 4.26. The number of fused-ring (bicyclic) bond motifs is 1. The highest BCUT2D eigenvalue weighted by Gasteiger charge is 2.46. The first-order valence-electron chi connectivity index (χ1n) is 12.9. The third-order valence-electron chi connectivity index (χ3n) is 6.40. The van der Waals surface area contributed by atoms with Crippen LogP contribution in [0.2, 0.25) is 0 Å². The number of rotatable bonds is 15. The molecule has 40 heavy (non-hydrogen) atoms. The van der Waals surface area contributed by atoms with Gasteiger partial charge in [0, 0.05) is 19.5 Å². The van der Waals surface area contributed by atoms with E-state index in [2.05, 4.69) is 22.5 Å². The molecule has 0 bridgehead atoms. The summed E-state index contributed by atoms with van der Waals surface area (Å²) in [7, 11) is -3.40. The van der Waals surface area contributed by atoms with E-state index in [9.17, 15) is 37.5 Å². The second-order valence-corrected chi connectivity index (χ2v) is 11.4. The van der Waals surface area contributed by atoms with E-state index in [0.29, 0.717) is 25.9 Å². The Morgan fingerprint density at radius 3 is 2.40 bits per heavy atom. The molecule has 14 heteroatoms. The van der Waals surface area contributed by atoms with Gasteiger partial charge in [-0.05, 0) is 31.4 Å². The van der Waals surface area contributed by atoms with Crippen molar-refractivity contribution in [2.45, 2.75) is 51.0 Å². The molecule has 1 fully saturated rings. The van der Waals surface area contributed by atoms with E-state index < -0.39 is 45.8 Å². The van der Waals surface area contributed by atoms with E-state index in [0.717, 1.165) is 23.1 Å². The summed E-state index contributed by atoms with van der Waals surface area (Å²) in [5, 5.41) is 8.35. The Labute approximate surface area is 232 Å². The number of sulfone groups is 1. The van der Waals surface area contributed by atoms with Crippen LogP contribution in [0.1, 0.15) is 65.7 Å². The van der Waals surface area contributed by atoms with Gasteiger partial charge in [-0.15, -0.1) is 4.21 Å². The highest BCUT2D eigenvalue weighted by Crippen LogP contribution is 2.33. The van der Waals surface area contributed by atoms with Gasteiger partial charge < -0.3 is 19.9 Å². The van der Waals surface area contributed by atoms with Crippen molar-refractivity contribution in [1.82, 2.24) is 20.9 Å². The zero-order valence-electron chi connectivity index (χ0n) is 21.9. The lowest BCUT2D eigenvalue weighted by Crippen LogP contribution is -2.54. The van der Waals surface area contributed by atoms with E-state index in [1.165, 1.54) is 18.2 Å². The predicted octanol–water partition coefficient (Wildman–Crippen LogP) is 0.423. The van der Waals surface area contributed by atoms with E-state index >= 15 is 0 Å². The van der Waals surface area contributed by atoms with Crippen molar-refractivity contribution >= 4 is 45.7 Å². The van der Waals surface area contributed by atoms with Gasteiger partial charge in [-0.2, -0.15) is 0 Å². The van der Waals surface area contributed by atoms with E-state index in [4.69, 9.17) is 4.74 Å². The number of carbonyl (C=O) groups is 6. The quantitative estimate of drug-likeness (QED) is 0.151. The molecule has 0 aliphatic carbocycles. The van der Waals surface area contributed by atoms with Crippen LogP contribution in [0.25, 0.3) is 0 Å². The lowest BCUT2D eigenvalue weighted by molar-refractivity contribution is -0.136. The Hall–Kier alpha value is -3.91. The van der Waals surface area contributed by atoms with Crippen molar-refractivity contribution < 1.29 is 42.3 Å². The smallest absolute Gasteiger partial charge is 0.266 e. The van der Waals surface area contributed by atoms with Crippen molar-refractivity contribution in [3.63, 3.8) is 0 Å². The summed E-state index contributed by atoms with van der Waals surface area (Å²) in [5.41, 5.74) is 0.0324. The molecule has 216 valence electrons. The Morgan fingerprint density at radius 2 is 1.75 bits per heavy atom. The molecule has 2 aliphatic rings. The summed E-state index contributed by atoms with van der Waals surface area (Å²) in [4.78, 5) is 74.3. The molecule has 3 rings (SSSR count). The minimum Gasteiger partial charge on any atom is -0.611 e. The first-order valence-corrected chi connectivity index (χ1v) is 14.6.